The normalized spacial score (nSPS) is 14.8. The molecule has 0 radical (unpaired) electrons. The Hall–Kier alpha value is -1.43. The standard InChI is InChI=1S/C17H17Cl2N3OS/c18-13-4-5-14(19)15(11-13)24-12-17(23)22-9-7-21(8-10-22)16-3-1-2-6-20-16/h1-6,11H,7-10,12H2. The van der Waals surface area contributed by atoms with E-state index in [-0.39, 0.29) is 5.91 Å². The lowest BCUT2D eigenvalue weighted by molar-refractivity contribution is -0.128. The van der Waals surface area contributed by atoms with Crippen molar-refractivity contribution in [2.75, 3.05) is 36.8 Å². The lowest BCUT2D eigenvalue weighted by atomic mass is 10.3. The van der Waals surface area contributed by atoms with Crippen molar-refractivity contribution in [3.63, 3.8) is 0 Å². The lowest BCUT2D eigenvalue weighted by Crippen LogP contribution is -2.49. The van der Waals surface area contributed by atoms with E-state index in [1.165, 1.54) is 11.8 Å². The molecule has 0 unspecified atom stereocenters. The lowest BCUT2D eigenvalue weighted by Gasteiger charge is -2.35. The molecule has 1 aromatic carbocycles. The first-order valence-electron chi connectivity index (χ1n) is 7.65. The first-order valence-corrected chi connectivity index (χ1v) is 9.39. The van der Waals surface area contributed by atoms with Gasteiger partial charge in [-0.25, -0.2) is 4.98 Å². The smallest absolute Gasteiger partial charge is 0.233 e. The monoisotopic (exact) mass is 381 g/mol. The third-order valence-electron chi connectivity index (χ3n) is 3.85. The predicted molar refractivity (Wildman–Crippen MR) is 100 cm³/mol. The molecule has 1 aliphatic rings. The van der Waals surface area contributed by atoms with E-state index in [4.69, 9.17) is 23.2 Å². The van der Waals surface area contributed by atoms with Crippen molar-refractivity contribution in [1.29, 1.82) is 0 Å². The summed E-state index contributed by atoms with van der Waals surface area (Å²) in [6.45, 7) is 3.01. The van der Waals surface area contributed by atoms with Gasteiger partial charge in [0.15, 0.2) is 0 Å². The molecule has 1 aliphatic heterocycles. The van der Waals surface area contributed by atoms with Crippen LogP contribution in [0.15, 0.2) is 47.5 Å². The number of thioether (sulfide) groups is 1. The molecule has 7 heteroatoms. The van der Waals surface area contributed by atoms with Gasteiger partial charge in [-0.2, -0.15) is 0 Å². The third kappa shape index (κ3) is 4.35. The van der Waals surface area contributed by atoms with Gasteiger partial charge in [-0.05, 0) is 30.3 Å². The van der Waals surface area contributed by atoms with Crippen molar-refractivity contribution in [3.05, 3.63) is 52.6 Å². The number of carbonyl (C=O) groups excluding carboxylic acids is 1. The van der Waals surface area contributed by atoms with Crippen molar-refractivity contribution in [1.82, 2.24) is 9.88 Å². The van der Waals surface area contributed by atoms with Crippen molar-refractivity contribution >= 4 is 46.7 Å². The van der Waals surface area contributed by atoms with E-state index in [1.54, 1.807) is 24.4 Å². The second kappa shape index (κ2) is 8.10. The van der Waals surface area contributed by atoms with Gasteiger partial charge >= 0.3 is 0 Å². The number of halogens is 2. The van der Waals surface area contributed by atoms with Crippen molar-refractivity contribution < 1.29 is 4.79 Å². The Morgan fingerprint density at radius 1 is 1.12 bits per heavy atom. The SMILES string of the molecule is O=C(CSc1cc(Cl)ccc1Cl)N1CCN(c2ccccn2)CC1. The Balaban J connectivity index is 1.51. The number of pyridine rings is 1. The molecule has 2 heterocycles. The van der Waals surface area contributed by atoms with Crippen molar-refractivity contribution in [2.45, 2.75) is 4.90 Å². The summed E-state index contributed by atoms with van der Waals surface area (Å²) in [4.78, 5) is 21.7. The number of nitrogens with zero attached hydrogens (tertiary/aromatic N) is 3. The summed E-state index contributed by atoms with van der Waals surface area (Å²) in [5.74, 6) is 1.45. The average molecular weight is 382 g/mol. The zero-order chi connectivity index (χ0) is 16.9. The molecule has 0 atom stereocenters. The van der Waals surface area contributed by atoms with E-state index in [1.807, 2.05) is 23.1 Å². The molecule has 24 heavy (non-hydrogen) atoms. The number of anilines is 1. The zero-order valence-corrected chi connectivity index (χ0v) is 15.3. The molecular weight excluding hydrogens is 365 g/mol. The molecule has 0 bridgehead atoms. The maximum Gasteiger partial charge on any atom is 0.233 e. The summed E-state index contributed by atoms with van der Waals surface area (Å²) in [5, 5.41) is 1.25. The Bertz CT molecular complexity index is 706. The quantitative estimate of drug-likeness (QED) is 0.754. The minimum absolute atomic E-state index is 0.122. The van der Waals surface area contributed by atoms with Crippen LogP contribution in [0.4, 0.5) is 5.82 Å². The fraction of sp³-hybridized carbons (Fsp3) is 0.294. The molecule has 1 saturated heterocycles. The Morgan fingerprint density at radius 2 is 1.92 bits per heavy atom. The van der Waals surface area contributed by atoms with Gasteiger partial charge in [-0.3, -0.25) is 4.79 Å². The number of piperazine rings is 1. The van der Waals surface area contributed by atoms with Crippen LogP contribution >= 0.6 is 35.0 Å². The van der Waals surface area contributed by atoms with Gasteiger partial charge < -0.3 is 9.80 Å². The van der Waals surface area contributed by atoms with Gasteiger partial charge in [0.2, 0.25) is 5.91 Å². The number of hydrogen-bond acceptors (Lipinski definition) is 4. The number of hydrogen-bond donors (Lipinski definition) is 0. The summed E-state index contributed by atoms with van der Waals surface area (Å²) in [6.07, 6.45) is 1.79. The third-order valence-corrected chi connectivity index (χ3v) is 5.57. The highest BCUT2D eigenvalue weighted by Crippen LogP contribution is 2.30. The molecule has 1 amide bonds. The first kappa shape index (κ1) is 17.4. The molecule has 3 rings (SSSR count). The van der Waals surface area contributed by atoms with Gasteiger partial charge in [0.25, 0.3) is 0 Å². The Labute approximate surface area is 155 Å². The topological polar surface area (TPSA) is 36.4 Å². The second-order valence-corrected chi connectivity index (χ2v) is 7.28. The fourth-order valence-electron chi connectivity index (χ4n) is 2.54. The molecule has 1 fully saturated rings. The first-order chi connectivity index (χ1) is 11.6. The minimum atomic E-state index is 0.122. The summed E-state index contributed by atoms with van der Waals surface area (Å²) in [5.41, 5.74) is 0. The molecule has 1 aromatic heterocycles. The van der Waals surface area contributed by atoms with E-state index in [9.17, 15) is 4.79 Å². The number of aromatic nitrogens is 1. The number of amides is 1. The second-order valence-electron chi connectivity index (χ2n) is 5.42. The Kier molecular flexibility index (Phi) is 5.87. The van der Waals surface area contributed by atoms with Crippen LogP contribution < -0.4 is 4.90 Å². The maximum absolute atomic E-state index is 12.4. The largest absolute Gasteiger partial charge is 0.353 e. The van der Waals surface area contributed by atoms with Crippen LogP contribution in [0.25, 0.3) is 0 Å². The maximum atomic E-state index is 12.4. The number of rotatable bonds is 4. The van der Waals surface area contributed by atoms with E-state index in [0.29, 0.717) is 28.9 Å². The molecular formula is C17H17Cl2N3OS. The molecule has 0 N–H and O–H groups in total. The van der Waals surface area contributed by atoms with Gasteiger partial charge in [0.1, 0.15) is 5.82 Å². The highest BCUT2D eigenvalue weighted by molar-refractivity contribution is 8.00. The van der Waals surface area contributed by atoms with Gasteiger partial charge in [0.05, 0.1) is 10.8 Å². The predicted octanol–water partition coefficient (Wildman–Crippen LogP) is 3.83. The van der Waals surface area contributed by atoms with Gasteiger partial charge in [-0.1, -0.05) is 29.3 Å². The zero-order valence-electron chi connectivity index (χ0n) is 13.0. The van der Waals surface area contributed by atoms with Crippen LogP contribution in [0.2, 0.25) is 10.0 Å². The van der Waals surface area contributed by atoms with Crippen LogP contribution in [0, 0.1) is 0 Å². The van der Waals surface area contributed by atoms with Crippen molar-refractivity contribution in [2.24, 2.45) is 0 Å². The van der Waals surface area contributed by atoms with Gasteiger partial charge in [-0.15, -0.1) is 11.8 Å². The van der Waals surface area contributed by atoms with Crippen LogP contribution in [-0.2, 0) is 4.79 Å². The molecule has 0 aliphatic carbocycles. The fourth-order valence-corrected chi connectivity index (χ4v) is 3.94. The molecule has 2 aromatic rings. The average Bonchev–Trinajstić information content (AvgIpc) is 2.63. The Morgan fingerprint density at radius 3 is 2.62 bits per heavy atom. The highest BCUT2D eigenvalue weighted by atomic mass is 35.5. The van der Waals surface area contributed by atoms with Crippen LogP contribution in [0.5, 0.6) is 0 Å². The number of benzene rings is 1. The number of carbonyl (C=O) groups is 1. The van der Waals surface area contributed by atoms with Crippen LogP contribution in [0.3, 0.4) is 0 Å². The summed E-state index contributed by atoms with van der Waals surface area (Å²) < 4.78 is 0. The minimum Gasteiger partial charge on any atom is -0.353 e. The summed E-state index contributed by atoms with van der Waals surface area (Å²) >= 11 is 13.5. The van der Waals surface area contributed by atoms with Crippen LogP contribution in [0.1, 0.15) is 0 Å². The van der Waals surface area contributed by atoms with E-state index in [2.05, 4.69) is 9.88 Å². The molecule has 0 saturated carbocycles. The highest BCUT2D eigenvalue weighted by Gasteiger charge is 2.21. The van der Waals surface area contributed by atoms with Crippen molar-refractivity contribution in [3.8, 4) is 0 Å². The van der Waals surface area contributed by atoms with E-state index in [0.717, 1.165) is 23.8 Å². The van der Waals surface area contributed by atoms with Crippen LogP contribution in [-0.4, -0.2) is 47.7 Å². The summed E-state index contributed by atoms with van der Waals surface area (Å²) in [6, 6.07) is 11.2. The van der Waals surface area contributed by atoms with E-state index < -0.39 is 0 Å². The molecule has 0 spiro atoms. The van der Waals surface area contributed by atoms with Gasteiger partial charge in [0, 0.05) is 42.3 Å². The molecule has 126 valence electrons. The summed E-state index contributed by atoms with van der Waals surface area (Å²) in [7, 11) is 0. The molecule has 4 nitrogen and oxygen atoms in total. The van der Waals surface area contributed by atoms with E-state index >= 15 is 0 Å².